The lowest BCUT2D eigenvalue weighted by Gasteiger charge is -2.26. The van der Waals surface area contributed by atoms with Gasteiger partial charge >= 0.3 is 5.97 Å². The van der Waals surface area contributed by atoms with E-state index < -0.39 is 29.2 Å². The fourth-order valence-corrected chi connectivity index (χ4v) is 1.37. The third-order valence-electron chi connectivity index (χ3n) is 2.54. The number of carboxylic acids is 1. The fraction of sp³-hybridized carbons (Fsp3) is 0.364. The quantitative estimate of drug-likeness (QED) is 0.843. The van der Waals surface area contributed by atoms with Gasteiger partial charge in [0.25, 0.3) is 0 Å². The molecule has 0 bridgehead atoms. The zero-order valence-electron chi connectivity index (χ0n) is 9.44. The lowest BCUT2D eigenvalue weighted by Crippen LogP contribution is -2.33. The van der Waals surface area contributed by atoms with Crippen LogP contribution in [0.15, 0.2) is 12.1 Å². The number of nitrogens with zero attached hydrogens (tertiary/aromatic N) is 1. The molecule has 2 N–H and O–H groups in total. The topological polar surface area (TPSA) is 60.8 Å². The zero-order valence-corrected chi connectivity index (χ0v) is 9.44. The lowest BCUT2D eigenvalue weighted by molar-refractivity contribution is 0.0695. The molecule has 0 radical (unpaired) electrons. The van der Waals surface area contributed by atoms with E-state index in [1.807, 2.05) is 0 Å². The summed E-state index contributed by atoms with van der Waals surface area (Å²) in [5.74, 6) is -3.33. The van der Waals surface area contributed by atoms with Crippen molar-refractivity contribution < 1.29 is 23.8 Å². The number of aliphatic hydroxyl groups is 1. The molecule has 17 heavy (non-hydrogen) atoms. The highest BCUT2D eigenvalue weighted by Gasteiger charge is 2.20. The molecular weight excluding hydrogens is 232 g/mol. The molecule has 0 aromatic heterocycles. The van der Waals surface area contributed by atoms with Crippen LogP contribution in [0.1, 0.15) is 17.3 Å². The van der Waals surface area contributed by atoms with Gasteiger partial charge in [0.2, 0.25) is 0 Å². The van der Waals surface area contributed by atoms with E-state index in [4.69, 9.17) is 10.2 Å². The van der Waals surface area contributed by atoms with Crippen molar-refractivity contribution in [2.45, 2.75) is 13.0 Å². The number of benzene rings is 1. The van der Waals surface area contributed by atoms with Crippen molar-refractivity contribution in [2.24, 2.45) is 0 Å². The van der Waals surface area contributed by atoms with E-state index in [9.17, 15) is 13.6 Å². The maximum atomic E-state index is 13.6. The smallest absolute Gasteiger partial charge is 0.335 e. The summed E-state index contributed by atoms with van der Waals surface area (Å²) >= 11 is 0. The Bertz CT molecular complexity index is 414. The Morgan fingerprint density at radius 2 is 1.88 bits per heavy atom. The van der Waals surface area contributed by atoms with Gasteiger partial charge in [-0.25, -0.2) is 13.6 Å². The monoisotopic (exact) mass is 245 g/mol. The Morgan fingerprint density at radius 3 is 2.24 bits per heavy atom. The molecule has 1 rings (SSSR count). The number of carbonyl (C=O) groups is 1. The van der Waals surface area contributed by atoms with Gasteiger partial charge in [0.1, 0.15) is 17.3 Å². The van der Waals surface area contributed by atoms with Gasteiger partial charge in [-0.1, -0.05) is 0 Å². The largest absolute Gasteiger partial charge is 0.478 e. The lowest BCUT2D eigenvalue weighted by atomic mass is 10.1. The molecule has 1 atom stereocenters. The maximum absolute atomic E-state index is 13.6. The van der Waals surface area contributed by atoms with Gasteiger partial charge in [-0.3, -0.25) is 0 Å². The Kier molecular flexibility index (Phi) is 4.01. The van der Waals surface area contributed by atoms with E-state index in [-0.39, 0.29) is 12.3 Å². The summed E-state index contributed by atoms with van der Waals surface area (Å²) in [6, 6.07) is 1.03. The van der Waals surface area contributed by atoms with E-state index >= 15 is 0 Å². The highest BCUT2D eigenvalue weighted by Crippen LogP contribution is 2.25. The Labute approximate surface area is 97.1 Å². The molecule has 0 aliphatic heterocycles. The average molecular weight is 245 g/mol. The van der Waals surface area contributed by atoms with Gasteiger partial charge in [-0.15, -0.1) is 0 Å². The molecule has 0 saturated heterocycles. The van der Waals surface area contributed by atoms with Crippen LogP contribution in [0.3, 0.4) is 0 Å². The Morgan fingerprint density at radius 1 is 1.41 bits per heavy atom. The van der Waals surface area contributed by atoms with Crippen molar-refractivity contribution in [2.75, 3.05) is 18.6 Å². The number of anilines is 1. The molecule has 6 heteroatoms. The van der Waals surface area contributed by atoms with Crippen LogP contribution in [0.25, 0.3) is 0 Å². The first-order chi connectivity index (χ1) is 7.88. The Hall–Kier alpha value is -1.69. The van der Waals surface area contributed by atoms with Gasteiger partial charge in [0, 0.05) is 13.1 Å². The summed E-state index contributed by atoms with van der Waals surface area (Å²) in [7, 11) is 1.42. The minimum Gasteiger partial charge on any atom is -0.478 e. The average Bonchev–Trinajstić information content (AvgIpc) is 2.26. The first-order valence-corrected chi connectivity index (χ1v) is 4.94. The number of hydrogen-bond donors (Lipinski definition) is 2. The van der Waals surface area contributed by atoms with Crippen LogP contribution >= 0.6 is 0 Å². The molecule has 1 aromatic carbocycles. The highest BCUT2D eigenvalue weighted by atomic mass is 19.1. The number of aromatic carboxylic acids is 1. The van der Waals surface area contributed by atoms with Crippen LogP contribution in [0.2, 0.25) is 0 Å². The zero-order chi connectivity index (χ0) is 13.2. The van der Waals surface area contributed by atoms with Crippen molar-refractivity contribution >= 4 is 11.7 Å². The van der Waals surface area contributed by atoms with E-state index in [1.54, 1.807) is 6.92 Å². The van der Waals surface area contributed by atoms with Crippen LogP contribution < -0.4 is 4.90 Å². The highest BCUT2D eigenvalue weighted by molar-refractivity contribution is 5.88. The van der Waals surface area contributed by atoms with E-state index in [0.29, 0.717) is 0 Å². The first-order valence-electron chi connectivity index (χ1n) is 4.94. The van der Waals surface area contributed by atoms with Gasteiger partial charge in [0.15, 0.2) is 0 Å². The third-order valence-corrected chi connectivity index (χ3v) is 2.54. The minimum atomic E-state index is -1.40. The normalized spacial score (nSPS) is 12.3. The van der Waals surface area contributed by atoms with Crippen LogP contribution in [0.4, 0.5) is 14.5 Å². The molecule has 0 amide bonds. The minimum absolute atomic E-state index is 0.268. The standard InChI is InChI=1S/C11H13F2NO3/c1-6(5-15)14(2)10-8(12)3-7(11(16)17)4-9(10)13/h3-4,6,15H,5H2,1-2H3,(H,16,17). The predicted octanol–water partition coefficient (Wildman–Crippen LogP) is 1.48. The van der Waals surface area contributed by atoms with Gasteiger partial charge in [-0.05, 0) is 19.1 Å². The summed E-state index contributed by atoms with van der Waals surface area (Å²) in [6.45, 7) is 1.32. The van der Waals surface area contributed by atoms with Crippen molar-refractivity contribution in [3.63, 3.8) is 0 Å². The second-order valence-corrected chi connectivity index (χ2v) is 3.74. The molecule has 0 spiro atoms. The summed E-state index contributed by atoms with van der Waals surface area (Å²) in [5.41, 5.74) is -0.801. The van der Waals surface area contributed by atoms with Gasteiger partial charge < -0.3 is 15.1 Å². The van der Waals surface area contributed by atoms with Gasteiger partial charge in [0.05, 0.1) is 12.2 Å². The number of halogens is 2. The molecule has 1 aromatic rings. The summed E-state index contributed by atoms with van der Waals surface area (Å²) in [5, 5.41) is 17.5. The van der Waals surface area contributed by atoms with E-state index in [0.717, 1.165) is 12.1 Å². The van der Waals surface area contributed by atoms with Crippen LogP contribution in [0.5, 0.6) is 0 Å². The predicted molar refractivity (Wildman–Crippen MR) is 58.3 cm³/mol. The SMILES string of the molecule is CC(CO)N(C)c1c(F)cc(C(=O)O)cc1F. The Balaban J connectivity index is 3.22. The molecule has 1 unspecified atom stereocenters. The van der Waals surface area contributed by atoms with E-state index in [1.165, 1.54) is 11.9 Å². The summed E-state index contributed by atoms with van der Waals surface area (Å²) < 4.78 is 27.2. The molecule has 0 heterocycles. The van der Waals surface area contributed by atoms with Crippen LogP contribution in [-0.2, 0) is 0 Å². The van der Waals surface area contributed by atoms with Crippen molar-refractivity contribution in [3.8, 4) is 0 Å². The van der Waals surface area contributed by atoms with Crippen molar-refractivity contribution in [1.82, 2.24) is 0 Å². The molecule has 94 valence electrons. The second-order valence-electron chi connectivity index (χ2n) is 3.74. The second kappa shape index (κ2) is 5.09. The number of carboxylic acid groups (broad SMARTS) is 1. The van der Waals surface area contributed by atoms with Crippen molar-refractivity contribution in [3.05, 3.63) is 29.3 Å². The number of hydrogen-bond acceptors (Lipinski definition) is 3. The molecule has 0 fully saturated rings. The first kappa shape index (κ1) is 13.4. The summed E-state index contributed by atoms with van der Waals surface area (Å²) in [4.78, 5) is 11.8. The van der Waals surface area contributed by atoms with Crippen LogP contribution in [0, 0.1) is 11.6 Å². The van der Waals surface area contributed by atoms with Crippen molar-refractivity contribution in [1.29, 1.82) is 0 Å². The molecule has 0 aliphatic rings. The van der Waals surface area contributed by atoms with Gasteiger partial charge in [-0.2, -0.15) is 0 Å². The number of likely N-dealkylation sites (N-methyl/N-ethyl adjacent to an activating group) is 1. The summed E-state index contributed by atoms with van der Waals surface area (Å²) in [6.07, 6.45) is 0. The van der Waals surface area contributed by atoms with E-state index in [2.05, 4.69) is 0 Å². The maximum Gasteiger partial charge on any atom is 0.335 e. The molecular formula is C11H13F2NO3. The number of rotatable bonds is 4. The van der Waals surface area contributed by atoms with Crippen LogP contribution in [-0.4, -0.2) is 35.9 Å². The third kappa shape index (κ3) is 2.71. The fourth-order valence-electron chi connectivity index (χ4n) is 1.37. The number of aliphatic hydroxyl groups excluding tert-OH is 1. The molecule has 4 nitrogen and oxygen atoms in total. The molecule has 0 aliphatic carbocycles. The molecule has 0 saturated carbocycles.